The van der Waals surface area contributed by atoms with Gasteiger partial charge >= 0.3 is 0 Å². The van der Waals surface area contributed by atoms with E-state index < -0.39 is 0 Å². The van der Waals surface area contributed by atoms with Crippen LogP contribution < -0.4 is 18.9 Å². The van der Waals surface area contributed by atoms with Gasteiger partial charge < -0.3 is 24.1 Å². The Bertz CT molecular complexity index is 850. The zero-order valence-corrected chi connectivity index (χ0v) is 13.9. The van der Waals surface area contributed by atoms with Gasteiger partial charge in [-0.25, -0.2) is 0 Å². The number of likely N-dealkylation sites (N-methyl/N-ethyl adjacent to an activating group) is 1. The highest BCUT2D eigenvalue weighted by atomic mass is 16.7. The first kappa shape index (κ1) is 14.7. The second-order valence-corrected chi connectivity index (χ2v) is 6.66. The standard InChI is InChI=1S/C19H19NO5/c1-20-5-4-11-7-16-17(24-9-23-16)8-13(11)14(20)6-12-2-3-15-19(18(12)21)25-10-22-15/h2-3,7-8,14,21H,4-6,9-10H2,1H3. The maximum atomic E-state index is 10.6. The van der Waals surface area contributed by atoms with Gasteiger partial charge in [-0.05, 0) is 54.8 Å². The monoisotopic (exact) mass is 341 g/mol. The lowest BCUT2D eigenvalue weighted by atomic mass is 9.88. The van der Waals surface area contributed by atoms with E-state index in [1.165, 1.54) is 11.1 Å². The summed E-state index contributed by atoms with van der Waals surface area (Å²) in [5.74, 6) is 2.85. The Morgan fingerprint density at radius 2 is 1.80 bits per heavy atom. The smallest absolute Gasteiger partial charge is 0.231 e. The first-order valence-corrected chi connectivity index (χ1v) is 8.44. The van der Waals surface area contributed by atoms with Gasteiger partial charge in [0.2, 0.25) is 19.3 Å². The van der Waals surface area contributed by atoms with E-state index >= 15 is 0 Å². The fraction of sp³-hybridized carbons (Fsp3) is 0.368. The molecular weight excluding hydrogens is 322 g/mol. The Kier molecular flexibility index (Phi) is 3.21. The summed E-state index contributed by atoms with van der Waals surface area (Å²) in [6.07, 6.45) is 1.66. The molecule has 0 saturated heterocycles. The number of phenols is 1. The largest absolute Gasteiger partial charge is 0.504 e. The highest BCUT2D eigenvalue weighted by Gasteiger charge is 2.30. The second kappa shape index (κ2) is 5.46. The maximum Gasteiger partial charge on any atom is 0.231 e. The summed E-state index contributed by atoms with van der Waals surface area (Å²) >= 11 is 0. The number of rotatable bonds is 2. The lowest BCUT2D eigenvalue weighted by molar-refractivity contribution is 0.171. The van der Waals surface area contributed by atoms with Crippen LogP contribution in [0, 0.1) is 0 Å². The SMILES string of the molecule is CN1CCc2cc3c(cc2C1Cc1ccc2c(c1O)OCO2)OCO3. The lowest BCUT2D eigenvalue weighted by Gasteiger charge is -2.35. The predicted octanol–water partition coefficient (Wildman–Crippen LogP) is 2.62. The summed E-state index contributed by atoms with van der Waals surface area (Å²) in [5, 5.41) is 10.6. The molecule has 2 aromatic carbocycles. The highest BCUT2D eigenvalue weighted by Crippen LogP contribution is 2.45. The number of benzene rings is 2. The molecule has 0 aliphatic carbocycles. The Morgan fingerprint density at radius 3 is 2.68 bits per heavy atom. The number of ether oxygens (including phenoxy) is 4. The van der Waals surface area contributed by atoms with Crippen LogP contribution in [-0.4, -0.2) is 37.2 Å². The van der Waals surface area contributed by atoms with Crippen LogP contribution in [0.1, 0.15) is 22.7 Å². The topological polar surface area (TPSA) is 60.4 Å². The van der Waals surface area contributed by atoms with Crippen LogP contribution in [-0.2, 0) is 12.8 Å². The van der Waals surface area contributed by atoms with E-state index in [0.29, 0.717) is 17.9 Å². The molecule has 130 valence electrons. The van der Waals surface area contributed by atoms with Crippen molar-refractivity contribution in [3.8, 4) is 28.7 Å². The summed E-state index contributed by atoms with van der Waals surface area (Å²) in [7, 11) is 2.11. The molecule has 0 spiro atoms. The minimum Gasteiger partial charge on any atom is -0.504 e. The third kappa shape index (κ3) is 2.28. The Labute approximate surface area is 145 Å². The van der Waals surface area contributed by atoms with Crippen LogP contribution in [0.3, 0.4) is 0 Å². The van der Waals surface area contributed by atoms with Crippen LogP contribution >= 0.6 is 0 Å². The number of hydrogen-bond acceptors (Lipinski definition) is 6. The number of phenolic OH excluding ortho intramolecular Hbond substituents is 1. The zero-order chi connectivity index (χ0) is 17.0. The van der Waals surface area contributed by atoms with E-state index in [-0.39, 0.29) is 25.4 Å². The molecule has 3 aliphatic rings. The molecule has 0 fully saturated rings. The first-order chi connectivity index (χ1) is 12.2. The molecule has 0 amide bonds. The fourth-order valence-electron chi connectivity index (χ4n) is 3.85. The third-order valence-corrected chi connectivity index (χ3v) is 5.27. The highest BCUT2D eigenvalue weighted by molar-refractivity contribution is 5.57. The lowest BCUT2D eigenvalue weighted by Crippen LogP contribution is -2.33. The number of fused-ring (bicyclic) bond motifs is 3. The summed E-state index contributed by atoms with van der Waals surface area (Å²) in [6, 6.07) is 8.11. The van der Waals surface area contributed by atoms with E-state index in [2.05, 4.69) is 24.1 Å². The van der Waals surface area contributed by atoms with E-state index in [1.807, 2.05) is 12.1 Å². The number of aromatic hydroxyl groups is 1. The van der Waals surface area contributed by atoms with Crippen molar-refractivity contribution in [1.82, 2.24) is 4.90 Å². The van der Waals surface area contributed by atoms with Crippen molar-refractivity contribution in [2.75, 3.05) is 27.2 Å². The average molecular weight is 341 g/mol. The van der Waals surface area contributed by atoms with Crippen molar-refractivity contribution in [1.29, 1.82) is 0 Å². The molecule has 3 aliphatic heterocycles. The maximum absolute atomic E-state index is 10.6. The Balaban J connectivity index is 1.53. The molecule has 0 saturated carbocycles. The van der Waals surface area contributed by atoms with Crippen LogP contribution in [0.5, 0.6) is 28.7 Å². The van der Waals surface area contributed by atoms with Gasteiger partial charge in [-0.3, -0.25) is 4.90 Å². The second-order valence-electron chi connectivity index (χ2n) is 6.66. The minimum atomic E-state index is 0.155. The molecule has 1 unspecified atom stereocenters. The number of hydrogen-bond donors (Lipinski definition) is 1. The molecular formula is C19H19NO5. The quantitative estimate of drug-likeness (QED) is 0.906. The van der Waals surface area contributed by atoms with Crippen molar-refractivity contribution < 1.29 is 24.1 Å². The van der Waals surface area contributed by atoms with Gasteiger partial charge in [0, 0.05) is 12.6 Å². The minimum absolute atomic E-state index is 0.155. The van der Waals surface area contributed by atoms with Gasteiger partial charge in [0.25, 0.3) is 0 Å². The molecule has 6 heteroatoms. The third-order valence-electron chi connectivity index (χ3n) is 5.27. The van der Waals surface area contributed by atoms with E-state index in [4.69, 9.17) is 18.9 Å². The molecule has 0 bridgehead atoms. The molecule has 0 radical (unpaired) electrons. The average Bonchev–Trinajstić information content (AvgIpc) is 3.26. The van der Waals surface area contributed by atoms with Crippen LogP contribution in [0.2, 0.25) is 0 Å². The van der Waals surface area contributed by atoms with Crippen molar-refractivity contribution in [3.63, 3.8) is 0 Å². The van der Waals surface area contributed by atoms with E-state index in [0.717, 1.165) is 30.0 Å². The molecule has 0 aromatic heterocycles. The molecule has 6 nitrogen and oxygen atoms in total. The van der Waals surface area contributed by atoms with Crippen molar-refractivity contribution >= 4 is 0 Å². The molecule has 25 heavy (non-hydrogen) atoms. The van der Waals surface area contributed by atoms with Gasteiger partial charge in [-0.15, -0.1) is 0 Å². The number of nitrogens with zero attached hydrogens (tertiary/aromatic N) is 1. The summed E-state index contributed by atoms with van der Waals surface area (Å²) in [6.45, 7) is 1.40. The molecule has 2 aromatic rings. The van der Waals surface area contributed by atoms with Gasteiger partial charge in [0.15, 0.2) is 23.0 Å². The van der Waals surface area contributed by atoms with Crippen LogP contribution in [0.15, 0.2) is 24.3 Å². The van der Waals surface area contributed by atoms with E-state index in [1.54, 1.807) is 0 Å². The summed E-state index contributed by atoms with van der Waals surface area (Å²) < 4.78 is 21.8. The van der Waals surface area contributed by atoms with Gasteiger partial charge in [0.05, 0.1) is 0 Å². The first-order valence-electron chi connectivity index (χ1n) is 8.44. The van der Waals surface area contributed by atoms with Gasteiger partial charge in [-0.2, -0.15) is 0 Å². The summed E-state index contributed by atoms with van der Waals surface area (Å²) in [4.78, 5) is 2.31. The zero-order valence-electron chi connectivity index (χ0n) is 13.9. The molecule has 5 rings (SSSR count). The van der Waals surface area contributed by atoms with Gasteiger partial charge in [-0.1, -0.05) is 6.07 Å². The summed E-state index contributed by atoms with van der Waals surface area (Å²) in [5.41, 5.74) is 3.37. The van der Waals surface area contributed by atoms with Crippen molar-refractivity contribution in [2.24, 2.45) is 0 Å². The van der Waals surface area contributed by atoms with E-state index in [9.17, 15) is 5.11 Å². The predicted molar refractivity (Wildman–Crippen MR) is 89.6 cm³/mol. The van der Waals surface area contributed by atoms with Crippen molar-refractivity contribution in [3.05, 3.63) is 41.0 Å². The molecule has 1 atom stereocenters. The fourth-order valence-corrected chi connectivity index (χ4v) is 3.85. The Hall–Kier alpha value is -2.60. The molecule has 3 heterocycles. The van der Waals surface area contributed by atoms with Crippen LogP contribution in [0.4, 0.5) is 0 Å². The van der Waals surface area contributed by atoms with Gasteiger partial charge in [0.1, 0.15) is 0 Å². The normalized spacial score (nSPS) is 20.6. The van der Waals surface area contributed by atoms with Crippen LogP contribution in [0.25, 0.3) is 0 Å². The molecule has 1 N–H and O–H groups in total. The van der Waals surface area contributed by atoms with Crippen molar-refractivity contribution in [2.45, 2.75) is 18.9 Å². The Morgan fingerprint density at radius 1 is 1.04 bits per heavy atom.